The summed E-state index contributed by atoms with van der Waals surface area (Å²) in [6, 6.07) is 16.0. The Bertz CT molecular complexity index is 1040. The standard InChI is InChI=1S/C19H20N4O3S/c1-14-9-11-16(12-10-14)27(24,25)18-19(23(2)3)26-17(21-18)13-20-22-15-7-5-4-6-8-15/h4-13,22H,1-3H3. The predicted molar refractivity (Wildman–Crippen MR) is 105 cm³/mol. The second kappa shape index (κ2) is 7.63. The van der Waals surface area contributed by atoms with Gasteiger partial charge in [-0.25, -0.2) is 8.42 Å². The molecule has 1 heterocycles. The molecule has 0 aliphatic carbocycles. The number of oxazole rings is 1. The summed E-state index contributed by atoms with van der Waals surface area (Å²) in [4.78, 5) is 5.88. The van der Waals surface area contributed by atoms with Crippen LogP contribution < -0.4 is 10.3 Å². The van der Waals surface area contributed by atoms with Crippen LogP contribution in [0.3, 0.4) is 0 Å². The normalized spacial score (nSPS) is 11.7. The monoisotopic (exact) mass is 384 g/mol. The second-order valence-electron chi connectivity index (χ2n) is 6.11. The molecule has 7 nitrogen and oxygen atoms in total. The minimum Gasteiger partial charge on any atom is -0.418 e. The Morgan fingerprint density at radius 2 is 1.74 bits per heavy atom. The van der Waals surface area contributed by atoms with Gasteiger partial charge < -0.3 is 9.32 Å². The number of rotatable bonds is 6. The molecule has 0 amide bonds. The largest absolute Gasteiger partial charge is 0.418 e. The number of anilines is 2. The summed E-state index contributed by atoms with van der Waals surface area (Å²) in [5, 5.41) is 3.91. The van der Waals surface area contributed by atoms with Crippen molar-refractivity contribution in [1.29, 1.82) is 0 Å². The molecule has 140 valence electrons. The Balaban J connectivity index is 1.92. The highest BCUT2D eigenvalue weighted by molar-refractivity contribution is 7.91. The number of nitrogens with zero attached hydrogens (tertiary/aromatic N) is 3. The van der Waals surface area contributed by atoms with E-state index in [1.165, 1.54) is 6.21 Å². The first kappa shape index (κ1) is 18.7. The molecule has 0 radical (unpaired) electrons. The molecule has 0 fully saturated rings. The Morgan fingerprint density at radius 1 is 1.07 bits per heavy atom. The summed E-state index contributed by atoms with van der Waals surface area (Å²) < 4.78 is 31.5. The zero-order valence-electron chi connectivity index (χ0n) is 15.2. The van der Waals surface area contributed by atoms with Gasteiger partial charge in [-0.2, -0.15) is 10.1 Å². The molecule has 0 atom stereocenters. The first-order chi connectivity index (χ1) is 12.9. The van der Waals surface area contributed by atoms with E-state index in [-0.39, 0.29) is 21.7 Å². The molecule has 0 aliphatic rings. The van der Waals surface area contributed by atoms with E-state index in [9.17, 15) is 8.42 Å². The third kappa shape index (κ3) is 4.17. The minimum atomic E-state index is -3.82. The van der Waals surface area contributed by atoms with Gasteiger partial charge in [-0.3, -0.25) is 5.43 Å². The van der Waals surface area contributed by atoms with Crippen LogP contribution in [0.2, 0.25) is 0 Å². The molecular formula is C19H20N4O3S. The van der Waals surface area contributed by atoms with Crippen molar-refractivity contribution in [2.75, 3.05) is 24.4 Å². The summed E-state index contributed by atoms with van der Waals surface area (Å²) in [6.45, 7) is 1.89. The molecule has 3 rings (SSSR count). The zero-order valence-corrected chi connectivity index (χ0v) is 16.1. The van der Waals surface area contributed by atoms with Gasteiger partial charge in [0, 0.05) is 14.1 Å². The maximum Gasteiger partial charge on any atom is 0.243 e. The predicted octanol–water partition coefficient (Wildman–Crippen LogP) is 3.33. The van der Waals surface area contributed by atoms with E-state index in [1.54, 1.807) is 43.3 Å². The number of hydrazone groups is 1. The first-order valence-electron chi connectivity index (χ1n) is 8.22. The topological polar surface area (TPSA) is 87.8 Å². The molecule has 0 unspecified atom stereocenters. The average Bonchev–Trinajstić information content (AvgIpc) is 3.08. The SMILES string of the molecule is Cc1ccc(S(=O)(=O)c2nc(C=NNc3ccccc3)oc2N(C)C)cc1. The summed E-state index contributed by atoms with van der Waals surface area (Å²) in [5.41, 5.74) is 4.60. The van der Waals surface area contributed by atoms with E-state index in [1.807, 2.05) is 37.3 Å². The number of hydrogen-bond donors (Lipinski definition) is 1. The molecule has 1 aromatic heterocycles. The highest BCUT2D eigenvalue weighted by Gasteiger charge is 2.28. The van der Waals surface area contributed by atoms with E-state index < -0.39 is 9.84 Å². The molecule has 0 saturated carbocycles. The van der Waals surface area contributed by atoms with Crippen LogP contribution in [0.25, 0.3) is 0 Å². The van der Waals surface area contributed by atoms with Gasteiger partial charge >= 0.3 is 0 Å². The average molecular weight is 384 g/mol. The third-order valence-corrected chi connectivity index (χ3v) is 5.40. The Labute approximate surface area is 158 Å². The van der Waals surface area contributed by atoms with Crippen molar-refractivity contribution in [2.45, 2.75) is 16.8 Å². The van der Waals surface area contributed by atoms with Crippen LogP contribution in [0.15, 0.2) is 74.0 Å². The van der Waals surface area contributed by atoms with Crippen LogP contribution in [-0.4, -0.2) is 33.7 Å². The summed E-state index contributed by atoms with van der Waals surface area (Å²) >= 11 is 0. The maximum absolute atomic E-state index is 13.0. The summed E-state index contributed by atoms with van der Waals surface area (Å²) in [5.74, 6) is 0.240. The lowest BCUT2D eigenvalue weighted by Gasteiger charge is -2.10. The van der Waals surface area contributed by atoms with Crippen molar-refractivity contribution in [3.8, 4) is 0 Å². The number of benzene rings is 2. The lowest BCUT2D eigenvalue weighted by Crippen LogP contribution is -2.13. The zero-order chi connectivity index (χ0) is 19.4. The molecule has 0 spiro atoms. The highest BCUT2D eigenvalue weighted by atomic mass is 32.2. The number of aryl methyl sites for hydroxylation is 1. The van der Waals surface area contributed by atoms with Crippen LogP contribution in [0.4, 0.5) is 11.6 Å². The van der Waals surface area contributed by atoms with Crippen molar-refractivity contribution >= 4 is 27.6 Å². The lowest BCUT2D eigenvalue weighted by atomic mass is 10.2. The molecule has 2 aromatic carbocycles. The van der Waals surface area contributed by atoms with Gasteiger partial charge in [0.15, 0.2) is 0 Å². The van der Waals surface area contributed by atoms with Crippen molar-refractivity contribution in [3.05, 3.63) is 66.1 Å². The molecule has 8 heteroatoms. The van der Waals surface area contributed by atoms with Crippen molar-refractivity contribution in [3.63, 3.8) is 0 Å². The van der Waals surface area contributed by atoms with Crippen molar-refractivity contribution < 1.29 is 12.8 Å². The molecule has 0 saturated heterocycles. The van der Waals surface area contributed by atoms with Crippen molar-refractivity contribution in [1.82, 2.24) is 4.98 Å². The van der Waals surface area contributed by atoms with Gasteiger partial charge in [-0.15, -0.1) is 0 Å². The number of hydrogen-bond acceptors (Lipinski definition) is 7. The molecule has 1 N–H and O–H groups in total. The maximum atomic E-state index is 13.0. The highest BCUT2D eigenvalue weighted by Crippen LogP contribution is 2.29. The van der Waals surface area contributed by atoms with Crippen LogP contribution in [-0.2, 0) is 9.84 Å². The van der Waals surface area contributed by atoms with Gasteiger partial charge in [-0.1, -0.05) is 35.9 Å². The van der Waals surface area contributed by atoms with Gasteiger partial charge in [0.05, 0.1) is 10.6 Å². The van der Waals surface area contributed by atoms with E-state index in [4.69, 9.17) is 4.42 Å². The quantitative estimate of drug-likeness (QED) is 0.518. The summed E-state index contributed by atoms with van der Waals surface area (Å²) in [6.07, 6.45) is 1.34. The van der Waals surface area contributed by atoms with Crippen LogP contribution in [0.1, 0.15) is 11.5 Å². The molecule has 0 bridgehead atoms. The fourth-order valence-electron chi connectivity index (χ4n) is 2.33. The second-order valence-corrected chi connectivity index (χ2v) is 7.97. The third-order valence-electron chi connectivity index (χ3n) is 3.73. The van der Waals surface area contributed by atoms with Gasteiger partial charge in [0.1, 0.15) is 6.21 Å². The molecule has 3 aromatic rings. The lowest BCUT2D eigenvalue weighted by molar-refractivity contribution is 0.544. The Kier molecular flexibility index (Phi) is 5.27. The smallest absolute Gasteiger partial charge is 0.243 e. The Hall–Kier alpha value is -3.13. The number of para-hydroxylation sites is 1. The van der Waals surface area contributed by atoms with E-state index in [0.717, 1.165) is 11.3 Å². The van der Waals surface area contributed by atoms with Crippen LogP contribution >= 0.6 is 0 Å². The van der Waals surface area contributed by atoms with Gasteiger partial charge in [0.25, 0.3) is 0 Å². The summed E-state index contributed by atoms with van der Waals surface area (Å²) in [7, 11) is -0.432. The van der Waals surface area contributed by atoms with Crippen LogP contribution in [0, 0.1) is 6.92 Å². The molecule has 0 aliphatic heterocycles. The van der Waals surface area contributed by atoms with E-state index in [0.29, 0.717) is 0 Å². The fraction of sp³-hybridized carbons (Fsp3) is 0.158. The fourth-order valence-corrected chi connectivity index (χ4v) is 3.71. The molecular weight excluding hydrogens is 364 g/mol. The van der Waals surface area contributed by atoms with Crippen molar-refractivity contribution in [2.24, 2.45) is 5.10 Å². The van der Waals surface area contributed by atoms with E-state index >= 15 is 0 Å². The van der Waals surface area contributed by atoms with Gasteiger partial charge in [0.2, 0.25) is 26.6 Å². The van der Waals surface area contributed by atoms with Crippen LogP contribution in [0.5, 0.6) is 0 Å². The van der Waals surface area contributed by atoms with Gasteiger partial charge in [-0.05, 0) is 31.2 Å². The first-order valence-corrected chi connectivity index (χ1v) is 9.70. The van der Waals surface area contributed by atoms with E-state index in [2.05, 4.69) is 15.5 Å². The number of sulfone groups is 1. The number of nitrogens with one attached hydrogen (secondary N) is 1. The molecule has 27 heavy (non-hydrogen) atoms. The Morgan fingerprint density at radius 3 is 2.37 bits per heavy atom. The minimum absolute atomic E-state index is 0.0906. The number of aromatic nitrogens is 1.